The molecule has 0 aromatic heterocycles. The Morgan fingerprint density at radius 3 is 2.83 bits per heavy atom. The highest BCUT2D eigenvalue weighted by atomic mass is 127. The van der Waals surface area contributed by atoms with Crippen LogP contribution in [0.2, 0.25) is 0 Å². The van der Waals surface area contributed by atoms with E-state index >= 15 is 0 Å². The van der Waals surface area contributed by atoms with E-state index in [1.54, 1.807) is 0 Å². The van der Waals surface area contributed by atoms with Gasteiger partial charge in [-0.1, -0.05) is 36.4 Å². The fraction of sp³-hybridized carbons (Fsp3) is 1.00. The zero-order valence-corrected chi connectivity index (χ0v) is 10.1. The summed E-state index contributed by atoms with van der Waals surface area (Å²) < 4.78 is 6.02. The van der Waals surface area contributed by atoms with Gasteiger partial charge in [-0.05, 0) is 12.8 Å². The van der Waals surface area contributed by atoms with Crippen molar-refractivity contribution in [2.24, 2.45) is 0 Å². The van der Waals surface area contributed by atoms with Gasteiger partial charge in [-0.3, -0.25) is 0 Å². The summed E-state index contributed by atoms with van der Waals surface area (Å²) in [5.74, 6) is 0. The number of alkyl halides is 1. The fourth-order valence-corrected chi connectivity index (χ4v) is 1.62. The van der Waals surface area contributed by atoms with E-state index in [-0.39, 0.29) is 0 Å². The van der Waals surface area contributed by atoms with Gasteiger partial charge in [0.1, 0.15) is 0 Å². The molecule has 0 aromatic rings. The molecule has 3 heteroatoms. The van der Waals surface area contributed by atoms with Gasteiger partial charge in [0.25, 0.3) is 0 Å². The number of rotatable bonds is 3. The maximum Gasteiger partial charge on any atom is 0.0700 e. The molecule has 0 aliphatic carbocycles. The average Bonchev–Trinajstić information content (AvgIpc) is 2.02. The lowest BCUT2D eigenvalue weighted by molar-refractivity contribution is 0.0215. The standard InChI is InChI=1S/C9H18INO/c1-9(2,10)4-3-8-7-11-5-6-12-8/h8,11H,3-7H2,1-2H3/t8-/m0/s1. The Hall–Kier alpha value is 0.650. The van der Waals surface area contributed by atoms with Crippen molar-refractivity contribution in [3.05, 3.63) is 0 Å². The van der Waals surface area contributed by atoms with Crippen LogP contribution >= 0.6 is 22.6 Å². The minimum absolute atomic E-state index is 0.415. The molecule has 1 N–H and O–H groups in total. The van der Waals surface area contributed by atoms with Crippen LogP contribution in [-0.4, -0.2) is 29.2 Å². The van der Waals surface area contributed by atoms with E-state index in [1.165, 1.54) is 12.8 Å². The van der Waals surface area contributed by atoms with Crippen LogP contribution in [-0.2, 0) is 4.74 Å². The predicted octanol–water partition coefficient (Wildman–Crippen LogP) is 1.97. The summed E-state index contributed by atoms with van der Waals surface area (Å²) in [7, 11) is 0. The van der Waals surface area contributed by atoms with Gasteiger partial charge in [0, 0.05) is 16.5 Å². The number of nitrogens with one attached hydrogen (secondary N) is 1. The third-order valence-corrected chi connectivity index (χ3v) is 2.60. The van der Waals surface area contributed by atoms with Crippen molar-refractivity contribution in [3.8, 4) is 0 Å². The summed E-state index contributed by atoms with van der Waals surface area (Å²) >= 11 is 2.50. The number of ether oxygens (including phenoxy) is 1. The Morgan fingerprint density at radius 2 is 2.33 bits per heavy atom. The van der Waals surface area contributed by atoms with E-state index in [9.17, 15) is 0 Å². The fourth-order valence-electron chi connectivity index (χ4n) is 1.31. The first-order valence-corrected chi connectivity index (χ1v) is 5.67. The first-order valence-electron chi connectivity index (χ1n) is 4.59. The molecule has 72 valence electrons. The van der Waals surface area contributed by atoms with E-state index in [2.05, 4.69) is 41.8 Å². The van der Waals surface area contributed by atoms with Crippen molar-refractivity contribution < 1.29 is 4.74 Å². The Morgan fingerprint density at radius 1 is 1.58 bits per heavy atom. The summed E-state index contributed by atoms with van der Waals surface area (Å²) in [5.41, 5.74) is 0. The van der Waals surface area contributed by atoms with Gasteiger partial charge >= 0.3 is 0 Å². The van der Waals surface area contributed by atoms with Crippen molar-refractivity contribution in [3.63, 3.8) is 0 Å². The highest BCUT2D eigenvalue weighted by Crippen LogP contribution is 2.24. The molecule has 0 saturated carbocycles. The summed E-state index contributed by atoms with van der Waals surface area (Å²) in [4.78, 5) is 0. The van der Waals surface area contributed by atoms with Crippen LogP contribution in [0.3, 0.4) is 0 Å². The molecule has 1 aliphatic rings. The minimum atomic E-state index is 0.415. The van der Waals surface area contributed by atoms with Gasteiger partial charge in [-0.2, -0.15) is 0 Å². The molecule has 12 heavy (non-hydrogen) atoms. The maximum atomic E-state index is 5.61. The molecule has 2 nitrogen and oxygen atoms in total. The van der Waals surface area contributed by atoms with E-state index in [0.29, 0.717) is 9.53 Å². The quantitative estimate of drug-likeness (QED) is 0.631. The van der Waals surface area contributed by atoms with E-state index < -0.39 is 0 Å². The third-order valence-electron chi connectivity index (χ3n) is 2.07. The zero-order chi connectivity index (χ0) is 9.03. The average molecular weight is 283 g/mol. The maximum absolute atomic E-state index is 5.61. The smallest absolute Gasteiger partial charge is 0.0700 e. The van der Waals surface area contributed by atoms with E-state index in [4.69, 9.17) is 4.74 Å². The van der Waals surface area contributed by atoms with Crippen LogP contribution in [0.25, 0.3) is 0 Å². The summed E-state index contributed by atoms with van der Waals surface area (Å²) in [6.45, 7) is 7.47. The van der Waals surface area contributed by atoms with Crippen LogP contribution in [0, 0.1) is 0 Å². The molecule has 1 aliphatic heterocycles. The van der Waals surface area contributed by atoms with Gasteiger partial charge in [0.15, 0.2) is 0 Å². The lowest BCUT2D eigenvalue weighted by Gasteiger charge is -2.26. The lowest BCUT2D eigenvalue weighted by Crippen LogP contribution is -2.39. The molecule has 1 rings (SSSR count). The largest absolute Gasteiger partial charge is 0.376 e. The minimum Gasteiger partial charge on any atom is -0.376 e. The highest BCUT2D eigenvalue weighted by Gasteiger charge is 2.18. The molecular formula is C9H18INO. The van der Waals surface area contributed by atoms with Gasteiger partial charge in [-0.15, -0.1) is 0 Å². The predicted molar refractivity (Wildman–Crippen MR) is 59.9 cm³/mol. The molecule has 0 spiro atoms. The Labute approximate surface area is 88.6 Å². The summed E-state index contributed by atoms with van der Waals surface area (Å²) in [6.07, 6.45) is 2.87. The van der Waals surface area contributed by atoms with Crippen molar-refractivity contribution in [2.45, 2.75) is 36.2 Å². The second-order valence-electron chi connectivity index (χ2n) is 3.95. The van der Waals surface area contributed by atoms with Gasteiger partial charge in [0.05, 0.1) is 12.7 Å². The van der Waals surface area contributed by atoms with Crippen molar-refractivity contribution in [1.82, 2.24) is 5.32 Å². The van der Waals surface area contributed by atoms with E-state index in [1.807, 2.05) is 0 Å². The van der Waals surface area contributed by atoms with Crippen molar-refractivity contribution in [1.29, 1.82) is 0 Å². The summed E-state index contributed by atoms with van der Waals surface area (Å²) in [6, 6.07) is 0. The molecular weight excluding hydrogens is 265 g/mol. The van der Waals surface area contributed by atoms with Crippen LogP contribution in [0.5, 0.6) is 0 Å². The lowest BCUT2D eigenvalue weighted by atomic mass is 10.0. The second-order valence-corrected chi connectivity index (χ2v) is 6.87. The number of hydrogen-bond donors (Lipinski definition) is 1. The van der Waals surface area contributed by atoms with Gasteiger partial charge in [0.2, 0.25) is 0 Å². The number of halogens is 1. The normalized spacial score (nSPS) is 25.8. The van der Waals surface area contributed by atoms with Crippen LogP contribution in [0.15, 0.2) is 0 Å². The monoisotopic (exact) mass is 283 g/mol. The van der Waals surface area contributed by atoms with Gasteiger partial charge < -0.3 is 10.1 Å². The summed E-state index contributed by atoms with van der Waals surface area (Å²) in [5, 5.41) is 3.34. The first-order chi connectivity index (χ1) is 5.58. The topological polar surface area (TPSA) is 21.3 Å². The van der Waals surface area contributed by atoms with E-state index in [0.717, 1.165) is 19.7 Å². The van der Waals surface area contributed by atoms with Gasteiger partial charge in [-0.25, -0.2) is 0 Å². The molecule has 0 aromatic carbocycles. The van der Waals surface area contributed by atoms with Crippen LogP contribution in [0.4, 0.5) is 0 Å². The number of hydrogen-bond acceptors (Lipinski definition) is 2. The molecule has 1 fully saturated rings. The first kappa shape index (κ1) is 10.7. The molecule has 1 saturated heterocycles. The van der Waals surface area contributed by atoms with Crippen molar-refractivity contribution in [2.75, 3.05) is 19.7 Å². The molecule has 1 atom stereocenters. The SMILES string of the molecule is CC(C)(I)CC[C@H]1CNCCO1. The molecule has 0 amide bonds. The Kier molecular flexibility index (Phi) is 4.26. The molecule has 0 unspecified atom stereocenters. The van der Waals surface area contributed by atoms with Crippen LogP contribution in [0.1, 0.15) is 26.7 Å². The Balaban J connectivity index is 2.13. The van der Waals surface area contributed by atoms with Crippen molar-refractivity contribution >= 4 is 22.6 Å². The third kappa shape index (κ3) is 4.62. The Bertz CT molecular complexity index is 127. The van der Waals surface area contributed by atoms with Crippen LogP contribution < -0.4 is 5.32 Å². The second kappa shape index (κ2) is 4.77. The molecule has 1 heterocycles. The molecule has 0 bridgehead atoms. The highest BCUT2D eigenvalue weighted by molar-refractivity contribution is 14.1. The zero-order valence-electron chi connectivity index (χ0n) is 7.90. The number of morpholine rings is 1. The molecule has 0 radical (unpaired) electrons.